The van der Waals surface area contributed by atoms with E-state index < -0.39 is 17.4 Å². The first-order valence-electron chi connectivity index (χ1n) is 9.70. The molecule has 156 valence electrons. The van der Waals surface area contributed by atoms with Crippen LogP contribution < -0.4 is 26.0 Å². The van der Waals surface area contributed by atoms with Crippen LogP contribution in [0.2, 0.25) is 0 Å². The zero-order valence-electron chi connectivity index (χ0n) is 16.9. The Bertz CT molecular complexity index is 1250. The van der Waals surface area contributed by atoms with Crippen molar-refractivity contribution in [2.75, 3.05) is 7.11 Å². The van der Waals surface area contributed by atoms with Gasteiger partial charge in [0.2, 0.25) is 0 Å². The van der Waals surface area contributed by atoms with Crippen molar-refractivity contribution < 1.29 is 17.7 Å². The summed E-state index contributed by atoms with van der Waals surface area (Å²) < 4.78 is 40.6. The van der Waals surface area contributed by atoms with E-state index in [0.717, 1.165) is 15.9 Å². The predicted octanol–water partition coefficient (Wildman–Crippen LogP) is 3.56. The van der Waals surface area contributed by atoms with Gasteiger partial charge in [-0.25, -0.2) is 0 Å². The fraction of sp³-hybridized carbons (Fsp3) is 0.0400. The molecule has 0 aromatic heterocycles. The molecule has 4 aromatic carbocycles. The van der Waals surface area contributed by atoms with Gasteiger partial charge in [0, 0.05) is 6.07 Å². The molecule has 0 saturated heterocycles. The summed E-state index contributed by atoms with van der Waals surface area (Å²) in [4.78, 5) is -0.0844. The Labute approximate surface area is 183 Å². The number of hydrogen-bond donors (Lipinski definition) is 1. The van der Waals surface area contributed by atoms with Crippen LogP contribution in [0.4, 0.5) is 0 Å². The molecule has 0 fully saturated rings. The lowest BCUT2D eigenvalue weighted by Gasteiger charge is -2.28. The maximum Gasteiger partial charge on any atom is 0.298 e. The first kappa shape index (κ1) is 21.3. The first-order valence-corrected chi connectivity index (χ1v) is 12.9. The van der Waals surface area contributed by atoms with E-state index in [4.69, 9.17) is 4.74 Å². The van der Waals surface area contributed by atoms with E-state index in [1.54, 1.807) is 19.2 Å². The van der Waals surface area contributed by atoms with Gasteiger partial charge >= 0.3 is 0 Å². The zero-order valence-corrected chi connectivity index (χ0v) is 18.6. The summed E-state index contributed by atoms with van der Waals surface area (Å²) in [6, 6.07) is 34.1. The third-order valence-electron chi connectivity index (χ3n) is 5.23. The molecule has 0 amide bonds. The minimum atomic E-state index is -4.46. The number of ether oxygens (including phenoxy) is 1. The van der Waals surface area contributed by atoms with Crippen molar-refractivity contribution in [2.45, 2.75) is 4.90 Å². The molecule has 0 aliphatic heterocycles. The van der Waals surface area contributed by atoms with Crippen LogP contribution >= 0.6 is 7.26 Å². The second-order valence-corrected chi connectivity index (χ2v) is 11.7. The molecule has 6 heteroatoms. The Balaban J connectivity index is 2.23. The summed E-state index contributed by atoms with van der Waals surface area (Å²) in [6.07, 6.45) is 0. The van der Waals surface area contributed by atoms with Crippen LogP contribution in [0, 0.1) is 0 Å². The summed E-state index contributed by atoms with van der Waals surface area (Å²) in [5, 5.41) is 3.46. The lowest BCUT2D eigenvalue weighted by Crippen LogP contribution is -2.40. The van der Waals surface area contributed by atoms with E-state index in [1.165, 1.54) is 6.07 Å². The van der Waals surface area contributed by atoms with E-state index in [-0.39, 0.29) is 4.90 Å². The topological polar surface area (TPSA) is 63.6 Å². The summed E-state index contributed by atoms with van der Waals surface area (Å²) in [7, 11) is -5.55. The molecular weight excluding hydrogens is 427 g/mol. The molecule has 31 heavy (non-hydrogen) atoms. The maximum absolute atomic E-state index is 12.5. The van der Waals surface area contributed by atoms with Gasteiger partial charge in [-0.05, 0) is 48.5 Å². The molecule has 4 rings (SSSR count). The van der Waals surface area contributed by atoms with Crippen LogP contribution in [-0.2, 0) is 10.1 Å². The summed E-state index contributed by atoms with van der Waals surface area (Å²) in [6.45, 7) is 0. The number of rotatable bonds is 6. The van der Waals surface area contributed by atoms with Crippen molar-refractivity contribution in [2.24, 2.45) is 0 Å². The standard InChI is InChI=1S/C25H21O4PS/c1-29-20-11-10-16-23(19-20)30(21-12-4-2-5-13-21,22-14-6-3-7-15-22)24-17-8-9-18-25(24)31(26,27)28/h2-19H,1H3/p+1. The van der Waals surface area contributed by atoms with Crippen LogP contribution in [-0.4, -0.2) is 20.1 Å². The van der Waals surface area contributed by atoms with Gasteiger partial charge in [-0.15, -0.1) is 0 Å². The molecule has 0 bridgehead atoms. The largest absolute Gasteiger partial charge is 0.497 e. The molecule has 0 unspecified atom stereocenters. The van der Waals surface area contributed by atoms with Crippen LogP contribution in [0.3, 0.4) is 0 Å². The zero-order chi connectivity index (χ0) is 21.9. The van der Waals surface area contributed by atoms with Crippen molar-refractivity contribution >= 4 is 38.6 Å². The second kappa shape index (κ2) is 8.64. The Morgan fingerprint density at radius 3 is 1.74 bits per heavy atom. The number of hydrogen-bond acceptors (Lipinski definition) is 3. The quantitative estimate of drug-likeness (QED) is 0.361. The summed E-state index contributed by atoms with van der Waals surface area (Å²) >= 11 is 0. The molecule has 0 heterocycles. The molecule has 0 saturated carbocycles. The minimum Gasteiger partial charge on any atom is -0.497 e. The van der Waals surface area contributed by atoms with Crippen molar-refractivity contribution in [1.82, 2.24) is 0 Å². The third kappa shape index (κ3) is 3.88. The van der Waals surface area contributed by atoms with Crippen molar-refractivity contribution in [3.05, 3.63) is 109 Å². The fourth-order valence-corrected chi connectivity index (χ4v) is 9.59. The Morgan fingerprint density at radius 2 is 1.19 bits per heavy atom. The molecule has 1 N–H and O–H groups in total. The predicted molar refractivity (Wildman–Crippen MR) is 128 cm³/mol. The smallest absolute Gasteiger partial charge is 0.298 e. The Hall–Kier alpha value is -2.98. The van der Waals surface area contributed by atoms with Crippen molar-refractivity contribution in [1.29, 1.82) is 0 Å². The highest BCUT2D eigenvalue weighted by Crippen LogP contribution is 2.55. The van der Waals surface area contributed by atoms with Gasteiger partial charge in [0.25, 0.3) is 10.1 Å². The molecular formula is C25H22O4PS+. The SMILES string of the molecule is COc1cccc([P+](c2ccccc2)(c2ccccc2)c2ccccc2S(=O)(=O)O)c1. The molecule has 4 aromatic rings. The van der Waals surface area contributed by atoms with E-state index in [1.807, 2.05) is 91.0 Å². The molecule has 4 nitrogen and oxygen atoms in total. The van der Waals surface area contributed by atoms with Crippen molar-refractivity contribution in [3.63, 3.8) is 0 Å². The van der Waals surface area contributed by atoms with E-state index >= 15 is 0 Å². The normalized spacial score (nSPS) is 11.8. The second-order valence-electron chi connectivity index (χ2n) is 6.99. The molecule has 0 aliphatic rings. The summed E-state index contributed by atoms with van der Waals surface area (Å²) in [5.41, 5.74) is 0. The van der Waals surface area contributed by atoms with E-state index in [2.05, 4.69) is 0 Å². The van der Waals surface area contributed by atoms with Crippen LogP contribution in [0.5, 0.6) is 5.75 Å². The van der Waals surface area contributed by atoms with Gasteiger partial charge in [-0.3, -0.25) is 4.55 Å². The van der Waals surface area contributed by atoms with Gasteiger partial charge in [-0.1, -0.05) is 54.6 Å². The van der Waals surface area contributed by atoms with Gasteiger partial charge < -0.3 is 4.74 Å². The third-order valence-corrected chi connectivity index (χ3v) is 10.6. The highest BCUT2D eigenvalue weighted by molar-refractivity contribution is 8.02. The number of methoxy groups -OCH3 is 1. The van der Waals surface area contributed by atoms with Gasteiger partial charge in [-0.2, -0.15) is 8.42 Å². The fourth-order valence-electron chi connectivity index (χ4n) is 3.94. The van der Waals surface area contributed by atoms with Crippen LogP contribution in [0.25, 0.3) is 0 Å². The molecule has 0 spiro atoms. The van der Waals surface area contributed by atoms with Gasteiger partial charge in [0.05, 0.1) is 7.11 Å². The lowest BCUT2D eigenvalue weighted by atomic mass is 10.3. The van der Waals surface area contributed by atoms with E-state index in [0.29, 0.717) is 11.1 Å². The average Bonchev–Trinajstić information content (AvgIpc) is 2.81. The Morgan fingerprint density at radius 1 is 0.677 bits per heavy atom. The lowest BCUT2D eigenvalue weighted by molar-refractivity contribution is 0.415. The van der Waals surface area contributed by atoms with Crippen molar-refractivity contribution in [3.8, 4) is 5.75 Å². The Kier molecular flexibility index (Phi) is 5.92. The highest BCUT2D eigenvalue weighted by atomic mass is 32.2. The van der Waals surface area contributed by atoms with Gasteiger partial charge in [0.15, 0.2) is 0 Å². The average molecular weight is 449 g/mol. The minimum absolute atomic E-state index is 0.0844. The number of benzene rings is 4. The van der Waals surface area contributed by atoms with E-state index in [9.17, 15) is 13.0 Å². The first-order chi connectivity index (χ1) is 15.0. The van der Waals surface area contributed by atoms with Crippen LogP contribution in [0.15, 0.2) is 114 Å². The highest BCUT2D eigenvalue weighted by Gasteiger charge is 2.50. The monoisotopic (exact) mass is 449 g/mol. The van der Waals surface area contributed by atoms with Crippen LogP contribution in [0.1, 0.15) is 0 Å². The van der Waals surface area contributed by atoms with Gasteiger partial charge in [0.1, 0.15) is 39.1 Å². The molecule has 0 atom stereocenters. The molecule has 0 radical (unpaired) electrons. The summed E-state index contributed by atoms with van der Waals surface area (Å²) in [5.74, 6) is 0.679. The maximum atomic E-state index is 12.5. The molecule has 0 aliphatic carbocycles.